The topological polar surface area (TPSA) is 35.2 Å². The maximum Gasteiger partial charge on any atom is 0.191 e. The first-order chi connectivity index (χ1) is 9.10. The first-order valence-electron chi connectivity index (χ1n) is 5.65. The molecule has 2 aromatic rings. The smallest absolute Gasteiger partial charge is 0.191 e. The fourth-order valence-electron chi connectivity index (χ4n) is 1.60. The Balaban J connectivity index is 2.13. The molecule has 0 saturated carbocycles. The van der Waals surface area contributed by atoms with E-state index >= 15 is 0 Å². The highest BCUT2D eigenvalue weighted by Gasteiger charge is 2.12. The summed E-state index contributed by atoms with van der Waals surface area (Å²) in [6.07, 6.45) is 0. The van der Waals surface area contributed by atoms with E-state index < -0.39 is 11.6 Å². The number of ether oxygens (including phenoxy) is 1. The van der Waals surface area contributed by atoms with E-state index in [1.807, 2.05) is 24.3 Å². The molecule has 0 atom stereocenters. The second-order valence-electron chi connectivity index (χ2n) is 4.01. The van der Waals surface area contributed by atoms with Gasteiger partial charge in [0.15, 0.2) is 17.4 Å². The first-order valence-corrected chi connectivity index (χ1v) is 6.44. The molecule has 5 heteroatoms. The third-order valence-corrected chi connectivity index (χ3v) is 3.12. The Labute approximate surface area is 118 Å². The van der Waals surface area contributed by atoms with Crippen LogP contribution in [0.2, 0.25) is 0 Å². The fourth-order valence-corrected chi connectivity index (χ4v) is 1.87. The third-order valence-electron chi connectivity index (χ3n) is 2.59. The minimum Gasteiger partial charge on any atom is -0.483 e. The second kappa shape index (κ2) is 6.12. The van der Waals surface area contributed by atoms with Gasteiger partial charge in [0.1, 0.15) is 6.61 Å². The number of nitrogens with two attached hydrogens (primary N) is 1. The van der Waals surface area contributed by atoms with E-state index in [0.717, 1.165) is 10.0 Å². The Bertz CT molecular complexity index is 549. The molecule has 0 spiro atoms. The van der Waals surface area contributed by atoms with E-state index in [1.54, 1.807) is 0 Å². The van der Waals surface area contributed by atoms with Crippen LogP contribution >= 0.6 is 15.9 Å². The summed E-state index contributed by atoms with van der Waals surface area (Å²) in [5.41, 5.74) is 6.56. The molecule has 0 amide bonds. The standard InChI is InChI=1S/C14H12BrF2NO/c15-11-3-1-9(2-4-11)8-19-14-12(16)5-10(7-18)6-13(14)17/h1-6H,7-8,18H2. The van der Waals surface area contributed by atoms with Crippen molar-refractivity contribution in [3.8, 4) is 5.75 Å². The number of halogens is 3. The molecule has 2 aromatic carbocycles. The lowest BCUT2D eigenvalue weighted by Crippen LogP contribution is -2.03. The van der Waals surface area contributed by atoms with E-state index in [0.29, 0.717) is 5.56 Å². The molecule has 0 unspecified atom stereocenters. The van der Waals surface area contributed by atoms with Crippen molar-refractivity contribution in [1.82, 2.24) is 0 Å². The molecule has 0 aliphatic heterocycles. The zero-order valence-electron chi connectivity index (χ0n) is 10.00. The lowest BCUT2D eigenvalue weighted by molar-refractivity contribution is 0.274. The Kier molecular flexibility index (Phi) is 4.50. The van der Waals surface area contributed by atoms with Crippen LogP contribution in [-0.4, -0.2) is 0 Å². The summed E-state index contributed by atoms with van der Waals surface area (Å²) >= 11 is 3.31. The Morgan fingerprint density at radius 3 is 2.11 bits per heavy atom. The van der Waals surface area contributed by atoms with Crippen LogP contribution in [0.25, 0.3) is 0 Å². The van der Waals surface area contributed by atoms with Gasteiger partial charge >= 0.3 is 0 Å². The average Bonchev–Trinajstić information content (AvgIpc) is 2.39. The molecule has 0 saturated heterocycles. The summed E-state index contributed by atoms with van der Waals surface area (Å²) in [6.45, 7) is 0.184. The van der Waals surface area contributed by atoms with Gasteiger partial charge in [-0.15, -0.1) is 0 Å². The van der Waals surface area contributed by atoms with Crippen LogP contribution in [-0.2, 0) is 13.2 Å². The molecule has 2 nitrogen and oxygen atoms in total. The van der Waals surface area contributed by atoms with E-state index in [2.05, 4.69) is 15.9 Å². The van der Waals surface area contributed by atoms with Gasteiger partial charge in [-0.25, -0.2) is 8.78 Å². The average molecular weight is 328 g/mol. The normalized spacial score (nSPS) is 10.5. The van der Waals surface area contributed by atoms with Gasteiger partial charge in [0.25, 0.3) is 0 Å². The minimum absolute atomic E-state index is 0.0842. The second-order valence-corrected chi connectivity index (χ2v) is 4.92. The van der Waals surface area contributed by atoms with Crippen LogP contribution in [0, 0.1) is 11.6 Å². The van der Waals surface area contributed by atoms with Crippen molar-refractivity contribution in [1.29, 1.82) is 0 Å². The SMILES string of the molecule is NCc1cc(F)c(OCc2ccc(Br)cc2)c(F)c1. The number of rotatable bonds is 4. The van der Waals surface area contributed by atoms with Crippen molar-refractivity contribution in [2.24, 2.45) is 5.73 Å². The van der Waals surface area contributed by atoms with Crippen LogP contribution in [0.15, 0.2) is 40.9 Å². The van der Waals surface area contributed by atoms with Gasteiger partial charge in [-0.05, 0) is 35.4 Å². The molecule has 100 valence electrons. The van der Waals surface area contributed by atoms with Gasteiger partial charge in [-0.2, -0.15) is 0 Å². The zero-order valence-corrected chi connectivity index (χ0v) is 11.6. The Hall–Kier alpha value is -1.46. The minimum atomic E-state index is -0.738. The van der Waals surface area contributed by atoms with Crippen molar-refractivity contribution >= 4 is 15.9 Å². The summed E-state index contributed by atoms with van der Waals surface area (Å²) in [6, 6.07) is 9.66. The molecule has 0 aliphatic carbocycles. The highest BCUT2D eigenvalue weighted by Crippen LogP contribution is 2.24. The van der Waals surface area contributed by atoms with Crippen molar-refractivity contribution in [2.45, 2.75) is 13.2 Å². The molecule has 0 bridgehead atoms. The molecule has 0 aromatic heterocycles. The van der Waals surface area contributed by atoms with Gasteiger partial charge in [0.05, 0.1) is 0 Å². The highest BCUT2D eigenvalue weighted by atomic mass is 79.9. The van der Waals surface area contributed by atoms with Crippen LogP contribution in [0.4, 0.5) is 8.78 Å². The maximum absolute atomic E-state index is 13.6. The van der Waals surface area contributed by atoms with Gasteiger partial charge in [-0.3, -0.25) is 0 Å². The summed E-state index contributed by atoms with van der Waals surface area (Å²) in [5.74, 6) is -1.85. The Morgan fingerprint density at radius 1 is 1.00 bits per heavy atom. The maximum atomic E-state index is 13.6. The zero-order chi connectivity index (χ0) is 13.8. The summed E-state index contributed by atoms with van der Waals surface area (Å²) in [5, 5.41) is 0. The number of hydrogen-bond donors (Lipinski definition) is 1. The van der Waals surface area contributed by atoms with Crippen molar-refractivity contribution < 1.29 is 13.5 Å². The monoisotopic (exact) mass is 327 g/mol. The van der Waals surface area contributed by atoms with Gasteiger partial charge in [0.2, 0.25) is 0 Å². The van der Waals surface area contributed by atoms with Gasteiger partial charge in [0, 0.05) is 11.0 Å². The van der Waals surface area contributed by atoms with Crippen LogP contribution in [0.5, 0.6) is 5.75 Å². The molecule has 19 heavy (non-hydrogen) atoms. The molecule has 2 rings (SSSR count). The largest absolute Gasteiger partial charge is 0.483 e. The number of hydrogen-bond acceptors (Lipinski definition) is 2. The first kappa shape index (κ1) is 14.0. The lowest BCUT2D eigenvalue weighted by atomic mass is 10.2. The van der Waals surface area contributed by atoms with Crippen LogP contribution in [0.1, 0.15) is 11.1 Å². The van der Waals surface area contributed by atoms with Crippen molar-refractivity contribution in [2.75, 3.05) is 0 Å². The molecular weight excluding hydrogens is 316 g/mol. The molecule has 0 aliphatic rings. The molecule has 2 N–H and O–H groups in total. The highest BCUT2D eigenvalue weighted by molar-refractivity contribution is 9.10. The van der Waals surface area contributed by atoms with E-state index in [4.69, 9.17) is 10.5 Å². The van der Waals surface area contributed by atoms with Crippen molar-refractivity contribution in [3.05, 3.63) is 63.6 Å². The number of benzene rings is 2. The third kappa shape index (κ3) is 3.52. The van der Waals surface area contributed by atoms with E-state index in [9.17, 15) is 8.78 Å². The van der Waals surface area contributed by atoms with E-state index in [-0.39, 0.29) is 18.9 Å². The predicted octanol–water partition coefficient (Wildman–Crippen LogP) is 3.77. The molecular formula is C14H12BrF2NO. The van der Waals surface area contributed by atoms with Crippen LogP contribution < -0.4 is 10.5 Å². The van der Waals surface area contributed by atoms with Gasteiger partial charge < -0.3 is 10.5 Å². The van der Waals surface area contributed by atoms with Crippen LogP contribution in [0.3, 0.4) is 0 Å². The predicted molar refractivity (Wildman–Crippen MR) is 72.7 cm³/mol. The Morgan fingerprint density at radius 2 is 1.58 bits per heavy atom. The van der Waals surface area contributed by atoms with E-state index in [1.165, 1.54) is 12.1 Å². The fraction of sp³-hybridized carbons (Fsp3) is 0.143. The summed E-state index contributed by atoms with van der Waals surface area (Å²) in [4.78, 5) is 0. The summed E-state index contributed by atoms with van der Waals surface area (Å²) in [7, 11) is 0. The van der Waals surface area contributed by atoms with Gasteiger partial charge in [-0.1, -0.05) is 28.1 Å². The quantitative estimate of drug-likeness (QED) is 0.927. The van der Waals surface area contributed by atoms with Crippen molar-refractivity contribution in [3.63, 3.8) is 0 Å². The molecule has 0 fully saturated rings. The summed E-state index contributed by atoms with van der Waals surface area (Å²) < 4.78 is 33.4. The molecule has 0 heterocycles. The molecule has 0 radical (unpaired) electrons. The lowest BCUT2D eigenvalue weighted by Gasteiger charge is -2.09.